The van der Waals surface area contributed by atoms with Crippen molar-refractivity contribution in [3.05, 3.63) is 59.1 Å². The first-order valence-corrected chi connectivity index (χ1v) is 11.7. The Morgan fingerprint density at radius 2 is 1.75 bits per heavy atom. The van der Waals surface area contributed by atoms with Crippen LogP contribution in [-0.2, 0) is 10.0 Å². The molecule has 1 saturated heterocycles. The van der Waals surface area contributed by atoms with Crippen LogP contribution in [0.1, 0.15) is 16.8 Å². The maximum atomic E-state index is 13.1. The van der Waals surface area contributed by atoms with E-state index in [9.17, 15) is 26.4 Å². The number of amides is 1. The Hall–Kier alpha value is -2.30. The van der Waals surface area contributed by atoms with Gasteiger partial charge in [0.15, 0.2) is 0 Å². The van der Waals surface area contributed by atoms with Gasteiger partial charge in [0, 0.05) is 38.8 Å². The van der Waals surface area contributed by atoms with Crippen molar-refractivity contribution in [2.24, 2.45) is 0 Å². The summed E-state index contributed by atoms with van der Waals surface area (Å²) in [5.74, 6) is -0.450. The second-order valence-corrected chi connectivity index (χ2v) is 9.84. The molecule has 0 aromatic heterocycles. The van der Waals surface area contributed by atoms with Gasteiger partial charge in [-0.3, -0.25) is 14.0 Å². The highest BCUT2D eigenvalue weighted by molar-refractivity contribution is 7.93. The summed E-state index contributed by atoms with van der Waals surface area (Å²) in [6.45, 7) is -0.318. The van der Waals surface area contributed by atoms with Crippen molar-refractivity contribution in [1.82, 2.24) is 9.80 Å². The first-order valence-electron chi connectivity index (χ1n) is 9.91. The molecule has 32 heavy (non-hydrogen) atoms. The Kier molecular flexibility index (Phi) is 7.36. The van der Waals surface area contributed by atoms with Crippen molar-refractivity contribution in [2.45, 2.75) is 17.5 Å². The van der Waals surface area contributed by atoms with Gasteiger partial charge in [-0.15, -0.1) is 0 Å². The molecule has 1 fully saturated rings. The fourth-order valence-electron chi connectivity index (χ4n) is 3.53. The van der Waals surface area contributed by atoms with Crippen LogP contribution in [0.4, 0.5) is 18.9 Å². The lowest BCUT2D eigenvalue weighted by Crippen LogP contribution is -2.38. The second kappa shape index (κ2) is 9.68. The summed E-state index contributed by atoms with van der Waals surface area (Å²) in [4.78, 5) is 15.5. The number of anilines is 1. The van der Waals surface area contributed by atoms with E-state index < -0.39 is 28.7 Å². The van der Waals surface area contributed by atoms with Gasteiger partial charge in [0.1, 0.15) is 4.90 Å². The topological polar surface area (TPSA) is 60.9 Å². The summed E-state index contributed by atoms with van der Waals surface area (Å²) in [5.41, 5.74) is 0.538. The molecule has 0 saturated carbocycles. The first kappa shape index (κ1) is 24.3. The number of hydrogen-bond donors (Lipinski definition) is 0. The molecule has 11 heteroatoms. The van der Waals surface area contributed by atoms with Crippen LogP contribution in [0.2, 0.25) is 5.02 Å². The molecule has 174 valence electrons. The normalized spacial score (nSPS) is 16.0. The molecule has 0 N–H and O–H groups in total. The average Bonchev–Trinajstić information content (AvgIpc) is 2.97. The molecule has 1 heterocycles. The minimum atomic E-state index is -4.30. The average molecular weight is 490 g/mol. The lowest BCUT2D eigenvalue weighted by Gasteiger charge is -2.23. The quantitative estimate of drug-likeness (QED) is 0.639. The van der Waals surface area contributed by atoms with Crippen molar-refractivity contribution in [3.8, 4) is 0 Å². The number of sulfonamides is 1. The molecule has 0 unspecified atom stereocenters. The van der Waals surface area contributed by atoms with E-state index in [0.717, 1.165) is 4.31 Å². The fraction of sp³-hybridized carbons (Fsp3) is 0.381. The summed E-state index contributed by atoms with van der Waals surface area (Å²) < 4.78 is 65.4. The van der Waals surface area contributed by atoms with Gasteiger partial charge in [0.25, 0.3) is 15.9 Å². The van der Waals surface area contributed by atoms with Gasteiger partial charge in [0.2, 0.25) is 0 Å². The summed E-state index contributed by atoms with van der Waals surface area (Å²) >= 11 is 6.17. The predicted octanol–water partition coefficient (Wildman–Crippen LogP) is 3.88. The standard InChI is InChI=1S/C21H23ClF3N3O3S/c1-26(17-6-3-2-4-7-17)32(30,31)19-14-16(8-9-18(19)22)20(29)28-11-5-10-27(12-13-28)15-21(23,24)25/h2-4,6-9,14H,5,10-13,15H2,1H3. The fourth-order valence-corrected chi connectivity index (χ4v) is 5.22. The van der Waals surface area contributed by atoms with Gasteiger partial charge in [-0.25, -0.2) is 8.42 Å². The highest BCUT2D eigenvalue weighted by Crippen LogP contribution is 2.29. The molecule has 0 spiro atoms. The number of carbonyl (C=O) groups excluding carboxylic acids is 1. The summed E-state index contributed by atoms with van der Waals surface area (Å²) in [5, 5.41) is -0.0310. The van der Waals surface area contributed by atoms with Crippen LogP contribution in [0.3, 0.4) is 0 Å². The van der Waals surface area contributed by atoms with Crippen LogP contribution in [0, 0.1) is 0 Å². The van der Waals surface area contributed by atoms with Crippen LogP contribution < -0.4 is 4.31 Å². The lowest BCUT2D eigenvalue weighted by atomic mass is 10.2. The highest BCUT2D eigenvalue weighted by atomic mass is 35.5. The van der Waals surface area contributed by atoms with Crippen molar-refractivity contribution in [2.75, 3.05) is 44.1 Å². The van der Waals surface area contributed by atoms with Crippen LogP contribution in [0.25, 0.3) is 0 Å². The number of hydrogen-bond acceptors (Lipinski definition) is 4. The van der Waals surface area contributed by atoms with Crippen molar-refractivity contribution in [3.63, 3.8) is 0 Å². The molecule has 0 radical (unpaired) electrons. The van der Waals surface area contributed by atoms with Crippen molar-refractivity contribution < 1.29 is 26.4 Å². The molecule has 1 amide bonds. The number of carbonyl (C=O) groups is 1. The highest BCUT2D eigenvalue weighted by Gasteiger charge is 2.32. The Bertz CT molecular complexity index is 1060. The third-order valence-electron chi connectivity index (χ3n) is 5.22. The monoisotopic (exact) mass is 489 g/mol. The minimum Gasteiger partial charge on any atom is -0.337 e. The van der Waals surface area contributed by atoms with Crippen molar-refractivity contribution >= 4 is 33.2 Å². The maximum Gasteiger partial charge on any atom is 0.401 e. The SMILES string of the molecule is CN(c1ccccc1)S(=O)(=O)c1cc(C(=O)N2CCCN(CC(F)(F)F)CC2)ccc1Cl. The molecule has 1 aliphatic rings. The van der Waals surface area contributed by atoms with Crippen molar-refractivity contribution in [1.29, 1.82) is 0 Å². The van der Waals surface area contributed by atoms with E-state index in [1.807, 2.05) is 0 Å². The van der Waals surface area contributed by atoms with Gasteiger partial charge in [-0.1, -0.05) is 29.8 Å². The molecular weight excluding hydrogens is 467 g/mol. The Morgan fingerprint density at radius 3 is 2.41 bits per heavy atom. The van der Waals surface area contributed by atoms with Gasteiger partial charge in [-0.05, 0) is 36.8 Å². The van der Waals surface area contributed by atoms with E-state index >= 15 is 0 Å². The molecular formula is C21H23ClF3N3O3S. The number of alkyl halides is 3. The van der Waals surface area contributed by atoms with E-state index in [4.69, 9.17) is 11.6 Å². The predicted molar refractivity (Wildman–Crippen MR) is 116 cm³/mol. The van der Waals surface area contributed by atoms with Crippen LogP contribution in [0.15, 0.2) is 53.4 Å². The number of para-hydroxylation sites is 1. The van der Waals surface area contributed by atoms with Crippen LogP contribution in [-0.4, -0.2) is 70.1 Å². The first-order chi connectivity index (χ1) is 15.0. The molecule has 0 bridgehead atoms. The van der Waals surface area contributed by atoms with Crippen LogP contribution in [0.5, 0.6) is 0 Å². The zero-order valence-corrected chi connectivity index (χ0v) is 18.9. The molecule has 3 rings (SSSR count). The lowest BCUT2D eigenvalue weighted by molar-refractivity contribution is -0.145. The summed E-state index contributed by atoms with van der Waals surface area (Å²) in [6, 6.07) is 12.4. The maximum absolute atomic E-state index is 13.1. The van der Waals surface area contributed by atoms with Crippen LogP contribution >= 0.6 is 11.6 Å². The smallest absolute Gasteiger partial charge is 0.337 e. The Balaban J connectivity index is 1.81. The summed E-state index contributed by atoms with van der Waals surface area (Å²) in [6.07, 6.45) is -3.92. The van der Waals surface area contributed by atoms with E-state index in [-0.39, 0.29) is 41.7 Å². The Morgan fingerprint density at radius 1 is 1.06 bits per heavy atom. The molecule has 2 aromatic carbocycles. The molecule has 0 atom stereocenters. The van der Waals surface area contributed by atoms with Gasteiger partial charge in [0.05, 0.1) is 17.3 Å². The molecule has 6 nitrogen and oxygen atoms in total. The zero-order chi connectivity index (χ0) is 23.5. The number of rotatable bonds is 5. The molecule has 2 aromatic rings. The van der Waals surface area contributed by atoms with Gasteiger partial charge in [-0.2, -0.15) is 13.2 Å². The van der Waals surface area contributed by atoms with E-state index in [1.54, 1.807) is 30.3 Å². The second-order valence-electron chi connectivity index (χ2n) is 7.49. The third-order valence-corrected chi connectivity index (χ3v) is 7.48. The zero-order valence-electron chi connectivity index (χ0n) is 17.3. The van der Waals surface area contributed by atoms with Gasteiger partial charge < -0.3 is 4.90 Å². The van der Waals surface area contributed by atoms with Gasteiger partial charge >= 0.3 is 6.18 Å². The van der Waals surface area contributed by atoms with E-state index in [0.29, 0.717) is 12.1 Å². The third kappa shape index (κ3) is 5.73. The minimum absolute atomic E-state index is 0.0310. The van der Waals surface area contributed by atoms with E-state index in [2.05, 4.69) is 0 Å². The number of nitrogens with zero attached hydrogens (tertiary/aromatic N) is 3. The number of benzene rings is 2. The summed E-state index contributed by atoms with van der Waals surface area (Å²) in [7, 11) is -2.66. The largest absolute Gasteiger partial charge is 0.401 e. The molecule has 0 aliphatic carbocycles. The number of halogens is 4. The Labute approximate surface area is 190 Å². The van der Waals surface area contributed by atoms with E-state index in [1.165, 1.54) is 35.0 Å². The molecule has 1 aliphatic heterocycles.